The Kier molecular flexibility index (Phi) is 2.11. The van der Waals surface area contributed by atoms with Crippen molar-refractivity contribution >= 4 is 6.21 Å². The second-order valence-corrected chi connectivity index (χ2v) is 3.38. The van der Waals surface area contributed by atoms with Crippen molar-refractivity contribution in [2.24, 2.45) is 4.99 Å². The van der Waals surface area contributed by atoms with E-state index in [2.05, 4.69) is 17.0 Å². The summed E-state index contributed by atoms with van der Waals surface area (Å²) >= 11 is 0. The zero-order valence-corrected chi connectivity index (χ0v) is 7.94. The molecule has 0 bridgehead atoms. The van der Waals surface area contributed by atoms with Crippen LogP contribution in [0, 0.1) is 0 Å². The fourth-order valence-electron chi connectivity index (χ4n) is 1.38. The predicted molar refractivity (Wildman–Crippen MR) is 54.2 cm³/mol. The fraction of sp³-hybridized carbons (Fsp3) is 0.300. The molecule has 0 fully saturated rings. The topological polar surface area (TPSA) is 29.7 Å². The van der Waals surface area contributed by atoms with Crippen LogP contribution in [0.25, 0.3) is 5.43 Å². The Morgan fingerprint density at radius 3 is 3.07 bits per heavy atom. The summed E-state index contributed by atoms with van der Waals surface area (Å²) in [6.07, 6.45) is 5.11. The standard InChI is InChI=1S/C10H11FN3/c1-7-6-14(13-8(7)2)10-3-9(11)4-12-5-10/h4-6,10H,2-3H2,1H3/q-1. The Balaban J connectivity index is 2.09. The normalized spacial score (nSPS) is 26.0. The Morgan fingerprint density at radius 2 is 2.50 bits per heavy atom. The summed E-state index contributed by atoms with van der Waals surface area (Å²) < 4.78 is 12.9. The highest BCUT2D eigenvalue weighted by Crippen LogP contribution is 2.30. The number of nitrogens with zero attached hydrogens (tertiary/aromatic N) is 3. The van der Waals surface area contributed by atoms with Crippen molar-refractivity contribution in [1.29, 1.82) is 0 Å². The first-order valence-electron chi connectivity index (χ1n) is 4.42. The molecule has 0 saturated heterocycles. The summed E-state index contributed by atoms with van der Waals surface area (Å²) in [6.45, 7) is 5.70. The summed E-state index contributed by atoms with van der Waals surface area (Å²) in [7, 11) is 0. The van der Waals surface area contributed by atoms with Crippen molar-refractivity contribution in [3.8, 4) is 0 Å². The van der Waals surface area contributed by atoms with Crippen LogP contribution in [0.3, 0.4) is 0 Å². The average Bonchev–Trinajstić information content (AvgIpc) is 2.47. The molecular weight excluding hydrogens is 181 g/mol. The van der Waals surface area contributed by atoms with Gasteiger partial charge in [0.1, 0.15) is 5.83 Å². The third kappa shape index (κ3) is 1.55. The zero-order valence-electron chi connectivity index (χ0n) is 7.94. The lowest BCUT2D eigenvalue weighted by Crippen LogP contribution is -2.28. The van der Waals surface area contributed by atoms with Crippen molar-refractivity contribution in [3.63, 3.8) is 0 Å². The molecule has 2 heterocycles. The highest BCUT2D eigenvalue weighted by molar-refractivity contribution is 5.68. The van der Waals surface area contributed by atoms with E-state index in [0.717, 1.165) is 11.3 Å². The van der Waals surface area contributed by atoms with E-state index in [-0.39, 0.29) is 11.9 Å². The lowest BCUT2D eigenvalue weighted by molar-refractivity contribution is 0.405. The van der Waals surface area contributed by atoms with Gasteiger partial charge in [-0.3, -0.25) is 4.99 Å². The number of hydrogen-bond acceptors (Lipinski definition) is 2. The number of allylic oxidation sites excluding steroid dienone is 1. The van der Waals surface area contributed by atoms with Gasteiger partial charge >= 0.3 is 0 Å². The highest BCUT2D eigenvalue weighted by Gasteiger charge is 2.16. The lowest BCUT2D eigenvalue weighted by atomic mass is 10.2. The molecule has 2 aliphatic heterocycles. The van der Waals surface area contributed by atoms with E-state index in [1.807, 2.05) is 13.1 Å². The minimum atomic E-state index is -0.212. The van der Waals surface area contributed by atoms with Crippen LogP contribution < -0.4 is 0 Å². The SMILES string of the molecule is C=C1[N-]N(C2C=NC=C(F)C2)C=C1C. The van der Waals surface area contributed by atoms with Crippen LogP contribution in [0.15, 0.2) is 41.1 Å². The van der Waals surface area contributed by atoms with Gasteiger partial charge in [-0.25, -0.2) is 4.39 Å². The number of rotatable bonds is 1. The summed E-state index contributed by atoms with van der Waals surface area (Å²) in [5.41, 5.74) is 5.93. The van der Waals surface area contributed by atoms with Crippen molar-refractivity contribution < 1.29 is 4.39 Å². The molecule has 0 N–H and O–H groups in total. The second kappa shape index (κ2) is 3.29. The van der Waals surface area contributed by atoms with Crippen molar-refractivity contribution in [2.45, 2.75) is 19.4 Å². The van der Waals surface area contributed by atoms with E-state index in [4.69, 9.17) is 0 Å². The predicted octanol–water partition coefficient (Wildman–Crippen LogP) is 2.66. The molecule has 0 spiro atoms. The van der Waals surface area contributed by atoms with E-state index in [1.165, 1.54) is 6.20 Å². The second-order valence-electron chi connectivity index (χ2n) is 3.38. The van der Waals surface area contributed by atoms with Crippen molar-refractivity contribution in [1.82, 2.24) is 5.01 Å². The molecule has 0 aliphatic carbocycles. The quantitative estimate of drug-likeness (QED) is 0.628. The molecule has 74 valence electrons. The Hall–Kier alpha value is -1.58. The lowest BCUT2D eigenvalue weighted by Gasteiger charge is -2.38. The van der Waals surface area contributed by atoms with Gasteiger partial charge in [-0.05, 0) is 13.1 Å². The molecule has 0 saturated carbocycles. The number of aliphatic imine (C=N–C) groups is 1. The van der Waals surface area contributed by atoms with E-state index in [0.29, 0.717) is 6.42 Å². The van der Waals surface area contributed by atoms with Gasteiger partial charge in [0.2, 0.25) is 0 Å². The maximum atomic E-state index is 12.9. The molecule has 0 aromatic heterocycles. The third-order valence-electron chi connectivity index (χ3n) is 2.23. The monoisotopic (exact) mass is 192 g/mol. The minimum Gasteiger partial charge on any atom is -0.595 e. The maximum Gasteiger partial charge on any atom is 0.120 e. The van der Waals surface area contributed by atoms with Gasteiger partial charge < -0.3 is 10.4 Å². The first-order chi connectivity index (χ1) is 6.66. The van der Waals surface area contributed by atoms with E-state index in [1.54, 1.807) is 11.2 Å². The highest BCUT2D eigenvalue weighted by atomic mass is 19.1. The molecule has 0 amide bonds. The summed E-state index contributed by atoms with van der Waals surface area (Å²) in [5.74, 6) is -0.212. The molecule has 2 rings (SSSR count). The molecule has 14 heavy (non-hydrogen) atoms. The summed E-state index contributed by atoms with van der Waals surface area (Å²) in [5, 5.41) is 1.70. The van der Waals surface area contributed by atoms with Crippen LogP contribution in [0.5, 0.6) is 0 Å². The van der Waals surface area contributed by atoms with Gasteiger partial charge in [0.05, 0.1) is 12.2 Å². The fourth-order valence-corrected chi connectivity index (χ4v) is 1.38. The van der Waals surface area contributed by atoms with Gasteiger partial charge in [-0.15, -0.1) is 12.3 Å². The largest absolute Gasteiger partial charge is 0.595 e. The van der Waals surface area contributed by atoms with Crippen LogP contribution in [-0.2, 0) is 0 Å². The van der Waals surface area contributed by atoms with Crippen LogP contribution in [0.1, 0.15) is 13.3 Å². The van der Waals surface area contributed by atoms with Gasteiger partial charge in [-0.1, -0.05) is 5.57 Å². The van der Waals surface area contributed by atoms with E-state index in [9.17, 15) is 4.39 Å². The first-order valence-corrected chi connectivity index (χ1v) is 4.42. The molecule has 0 aromatic rings. The summed E-state index contributed by atoms with van der Waals surface area (Å²) in [6, 6.07) is -0.116. The molecule has 4 heteroatoms. The average molecular weight is 192 g/mol. The molecule has 1 unspecified atom stereocenters. The van der Waals surface area contributed by atoms with Gasteiger partial charge in [0, 0.05) is 12.6 Å². The molecule has 1 atom stereocenters. The number of hydrogen-bond donors (Lipinski definition) is 0. The Bertz CT molecular complexity index is 354. The Morgan fingerprint density at radius 1 is 1.71 bits per heavy atom. The first kappa shape index (κ1) is 8.99. The third-order valence-corrected chi connectivity index (χ3v) is 2.23. The Labute approximate surface area is 82.3 Å². The van der Waals surface area contributed by atoms with Gasteiger partial charge in [0.15, 0.2) is 0 Å². The van der Waals surface area contributed by atoms with Crippen LogP contribution in [-0.4, -0.2) is 17.3 Å². The van der Waals surface area contributed by atoms with E-state index < -0.39 is 0 Å². The molecular formula is C10H11FN3-. The van der Waals surface area contributed by atoms with Gasteiger partial charge in [-0.2, -0.15) is 0 Å². The smallest absolute Gasteiger partial charge is 0.120 e. The van der Waals surface area contributed by atoms with Crippen LogP contribution >= 0.6 is 0 Å². The minimum absolute atomic E-state index is 0.116. The van der Waals surface area contributed by atoms with Gasteiger partial charge in [0.25, 0.3) is 0 Å². The molecule has 3 nitrogen and oxygen atoms in total. The maximum absolute atomic E-state index is 12.9. The van der Waals surface area contributed by atoms with Crippen LogP contribution in [0.4, 0.5) is 4.39 Å². The van der Waals surface area contributed by atoms with Crippen molar-refractivity contribution in [2.75, 3.05) is 0 Å². The zero-order chi connectivity index (χ0) is 10.1. The molecule has 0 radical (unpaired) electrons. The summed E-state index contributed by atoms with van der Waals surface area (Å²) in [4.78, 5) is 3.81. The number of halogens is 1. The van der Waals surface area contributed by atoms with Crippen LogP contribution in [0.2, 0.25) is 0 Å². The molecule has 0 aromatic carbocycles. The molecule has 2 aliphatic rings. The van der Waals surface area contributed by atoms with Crippen molar-refractivity contribution in [3.05, 3.63) is 41.5 Å². The van der Waals surface area contributed by atoms with E-state index >= 15 is 0 Å².